The third-order valence-corrected chi connectivity index (χ3v) is 7.53. The first-order valence-electron chi connectivity index (χ1n) is 14.1. The Kier molecular flexibility index (Phi) is 11.3. The second-order valence-electron chi connectivity index (χ2n) is 10.4. The number of carbonyl (C=O) groups excluding carboxylic acids is 2. The standard InChI is InChI=1S/C24H30N2O2.C10H14O2/c1-17(2)24(28)23-21(19(4)27)11-8-12-22(23)26-15-13-25(14-16-26)18(3)20-9-6-5-7-10-20;1-4-8-5-6-9(11-2)10(7-8)12-3/h5-12,17-18H,13-16H2,1-4H3;5-7H,4H2,1-3H3/t18-;/m1./s1. The number of ether oxygens (including phenoxy) is 2. The Morgan fingerprint density at radius 1 is 0.825 bits per heavy atom. The van der Waals surface area contributed by atoms with Crippen molar-refractivity contribution in [2.45, 2.75) is 47.1 Å². The number of ketones is 2. The molecule has 0 aromatic heterocycles. The van der Waals surface area contributed by atoms with Gasteiger partial charge in [0.15, 0.2) is 23.1 Å². The molecular formula is C34H44N2O4. The van der Waals surface area contributed by atoms with Crippen LogP contribution in [0.2, 0.25) is 0 Å². The van der Waals surface area contributed by atoms with E-state index in [0.29, 0.717) is 17.2 Å². The molecule has 1 aliphatic heterocycles. The average molecular weight is 545 g/mol. The predicted octanol–water partition coefficient (Wildman–Crippen LogP) is 6.88. The van der Waals surface area contributed by atoms with Crippen molar-refractivity contribution < 1.29 is 19.1 Å². The zero-order valence-corrected chi connectivity index (χ0v) is 25.1. The summed E-state index contributed by atoms with van der Waals surface area (Å²) in [6.45, 7) is 13.2. The van der Waals surface area contributed by atoms with E-state index in [1.165, 1.54) is 18.1 Å². The number of benzene rings is 3. The highest BCUT2D eigenvalue weighted by Gasteiger charge is 2.27. The van der Waals surface area contributed by atoms with E-state index in [1.54, 1.807) is 20.3 Å². The van der Waals surface area contributed by atoms with Crippen molar-refractivity contribution in [3.05, 3.63) is 89.0 Å². The van der Waals surface area contributed by atoms with Crippen molar-refractivity contribution in [1.29, 1.82) is 0 Å². The number of anilines is 1. The van der Waals surface area contributed by atoms with Crippen LogP contribution in [0.3, 0.4) is 0 Å². The van der Waals surface area contributed by atoms with E-state index >= 15 is 0 Å². The number of methoxy groups -OCH3 is 2. The van der Waals surface area contributed by atoms with Crippen LogP contribution in [-0.2, 0) is 6.42 Å². The number of rotatable bonds is 9. The summed E-state index contributed by atoms with van der Waals surface area (Å²) in [5.74, 6) is 1.44. The summed E-state index contributed by atoms with van der Waals surface area (Å²) in [4.78, 5) is 29.8. The lowest BCUT2D eigenvalue weighted by Gasteiger charge is -2.40. The fourth-order valence-corrected chi connectivity index (χ4v) is 5.04. The molecule has 3 aromatic carbocycles. The van der Waals surface area contributed by atoms with E-state index in [4.69, 9.17) is 9.47 Å². The number of hydrogen-bond donors (Lipinski definition) is 0. The highest BCUT2D eigenvalue weighted by molar-refractivity contribution is 6.12. The Hall–Kier alpha value is -3.64. The second kappa shape index (κ2) is 14.7. The minimum atomic E-state index is -0.140. The highest BCUT2D eigenvalue weighted by atomic mass is 16.5. The number of piperazine rings is 1. The van der Waals surface area contributed by atoms with Crippen molar-refractivity contribution in [3.63, 3.8) is 0 Å². The summed E-state index contributed by atoms with van der Waals surface area (Å²) in [5.41, 5.74) is 4.61. The van der Waals surface area contributed by atoms with Gasteiger partial charge in [0.2, 0.25) is 0 Å². The van der Waals surface area contributed by atoms with Crippen molar-refractivity contribution in [1.82, 2.24) is 4.90 Å². The van der Waals surface area contributed by atoms with Gasteiger partial charge < -0.3 is 14.4 Å². The Bertz CT molecular complexity index is 1260. The maximum Gasteiger partial charge on any atom is 0.168 e. The lowest BCUT2D eigenvalue weighted by atomic mass is 9.92. The summed E-state index contributed by atoms with van der Waals surface area (Å²) in [5, 5.41) is 0. The Morgan fingerprint density at radius 3 is 2.02 bits per heavy atom. The zero-order valence-electron chi connectivity index (χ0n) is 25.1. The molecule has 1 atom stereocenters. The monoisotopic (exact) mass is 544 g/mol. The van der Waals surface area contributed by atoms with Crippen LogP contribution in [0, 0.1) is 5.92 Å². The molecule has 6 heteroatoms. The number of Topliss-reactive ketones (excluding diaryl/α,β-unsaturated/α-hetero) is 2. The molecule has 0 radical (unpaired) electrons. The van der Waals surface area contributed by atoms with Crippen molar-refractivity contribution in [2.75, 3.05) is 45.3 Å². The van der Waals surface area contributed by atoms with Gasteiger partial charge in [-0.25, -0.2) is 0 Å². The summed E-state index contributed by atoms with van der Waals surface area (Å²) in [7, 11) is 3.29. The third kappa shape index (κ3) is 7.51. The minimum Gasteiger partial charge on any atom is -0.493 e. The van der Waals surface area contributed by atoms with Crippen LogP contribution >= 0.6 is 0 Å². The molecule has 0 unspecified atom stereocenters. The fraction of sp³-hybridized carbons (Fsp3) is 0.412. The largest absolute Gasteiger partial charge is 0.493 e. The van der Waals surface area contributed by atoms with Gasteiger partial charge in [0.1, 0.15) is 0 Å². The van der Waals surface area contributed by atoms with Crippen LogP contribution in [0.4, 0.5) is 5.69 Å². The van der Waals surface area contributed by atoms with E-state index in [9.17, 15) is 9.59 Å². The first-order chi connectivity index (χ1) is 19.2. The summed E-state index contributed by atoms with van der Waals surface area (Å²) in [6, 6.07) is 22.5. The van der Waals surface area contributed by atoms with Crippen LogP contribution < -0.4 is 14.4 Å². The molecule has 1 saturated heterocycles. The molecule has 0 aliphatic carbocycles. The van der Waals surface area contributed by atoms with Crippen molar-refractivity contribution in [2.24, 2.45) is 5.92 Å². The van der Waals surface area contributed by atoms with Gasteiger partial charge in [-0.05, 0) is 49.6 Å². The van der Waals surface area contributed by atoms with Crippen LogP contribution in [0.25, 0.3) is 0 Å². The molecule has 214 valence electrons. The normalized spacial score (nSPS) is 14.2. The van der Waals surface area contributed by atoms with E-state index < -0.39 is 0 Å². The van der Waals surface area contributed by atoms with E-state index in [-0.39, 0.29) is 17.5 Å². The molecule has 1 fully saturated rings. The van der Waals surface area contributed by atoms with Gasteiger partial charge in [-0.15, -0.1) is 0 Å². The fourth-order valence-electron chi connectivity index (χ4n) is 5.04. The zero-order chi connectivity index (χ0) is 29.2. The van der Waals surface area contributed by atoms with Crippen molar-refractivity contribution in [3.8, 4) is 11.5 Å². The van der Waals surface area contributed by atoms with Gasteiger partial charge in [-0.2, -0.15) is 0 Å². The molecule has 0 bridgehead atoms. The topological polar surface area (TPSA) is 59.1 Å². The Balaban J connectivity index is 0.000000307. The van der Waals surface area contributed by atoms with E-state index in [1.807, 2.05) is 50.2 Å². The summed E-state index contributed by atoms with van der Waals surface area (Å²) < 4.78 is 10.3. The van der Waals surface area contributed by atoms with Crippen LogP contribution in [-0.4, -0.2) is 56.9 Å². The number of hydrogen-bond acceptors (Lipinski definition) is 6. The highest BCUT2D eigenvalue weighted by Crippen LogP contribution is 2.30. The number of carbonyl (C=O) groups is 2. The van der Waals surface area contributed by atoms with Gasteiger partial charge in [-0.1, -0.05) is 69.3 Å². The second-order valence-corrected chi connectivity index (χ2v) is 10.4. The molecule has 1 aliphatic rings. The molecule has 3 aromatic rings. The first-order valence-corrected chi connectivity index (χ1v) is 14.1. The molecule has 6 nitrogen and oxygen atoms in total. The number of aryl methyl sites for hydroxylation is 1. The van der Waals surface area contributed by atoms with Gasteiger partial charge in [-0.3, -0.25) is 14.5 Å². The molecule has 1 heterocycles. The molecule has 0 N–H and O–H groups in total. The molecule has 0 spiro atoms. The predicted molar refractivity (Wildman–Crippen MR) is 163 cm³/mol. The van der Waals surface area contributed by atoms with E-state index in [0.717, 1.165) is 49.8 Å². The molecule has 0 saturated carbocycles. The minimum absolute atomic E-state index is 0.0425. The number of nitrogens with zero attached hydrogens (tertiary/aromatic N) is 2. The van der Waals surface area contributed by atoms with Gasteiger partial charge in [0, 0.05) is 49.4 Å². The van der Waals surface area contributed by atoms with E-state index in [2.05, 4.69) is 47.9 Å². The lowest BCUT2D eigenvalue weighted by Crippen LogP contribution is -2.47. The summed E-state index contributed by atoms with van der Waals surface area (Å²) >= 11 is 0. The smallest absolute Gasteiger partial charge is 0.168 e. The van der Waals surface area contributed by atoms with Crippen LogP contribution in [0.15, 0.2) is 66.7 Å². The summed E-state index contributed by atoms with van der Waals surface area (Å²) in [6.07, 6.45) is 1.01. The Labute approximate surface area is 239 Å². The molecule has 4 rings (SSSR count). The lowest BCUT2D eigenvalue weighted by molar-refractivity contribution is 0.0927. The quantitative estimate of drug-likeness (QED) is 0.274. The molecular weight excluding hydrogens is 500 g/mol. The maximum absolute atomic E-state index is 12.9. The van der Waals surface area contributed by atoms with Gasteiger partial charge in [0.25, 0.3) is 0 Å². The third-order valence-electron chi connectivity index (χ3n) is 7.53. The van der Waals surface area contributed by atoms with Gasteiger partial charge in [0.05, 0.1) is 19.8 Å². The molecule has 40 heavy (non-hydrogen) atoms. The average Bonchev–Trinajstić information content (AvgIpc) is 3.00. The van der Waals surface area contributed by atoms with Crippen LogP contribution in [0.1, 0.15) is 72.5 Å². The SMILES string of the molecule is CC(=O)c1cccc(N2CCN([C@H](C)c3ccccc3)CC2)c1C(=O)C(C)C.CCc1ccc(OC)c(OC)c1. The first kappa shape index (κ1) is 30.9. The van der Waals surface area contributed by atoms with Crippen LogP contribution in [0.5, 0.6) is 11.5 Å². The van der Waals surface area contributed by atoms with Gasteiger partial charge >= 0.3 is 0 Å². The van der Waals surface area contributed by atoms with Crippen molar-refractivity contribution >= 4 is 17.3 Å². The molecule has 0 amide bonds. The Morgan fingerprint density at radius 2 is 1.48 bits per heavy atom. The maximum atomic E-state index is 12.9.